The fourth-order valence-corrected chi connectivity index (χ4v) is 1.67. The number of nitrogens with two attached hydrogens (primary N) is 1. The molecule has 0 fully saturated rings. The van der Waals surface area contributed by atoms with E-state index in [4.69, 9.17) is 14.6 Å². The molecule has 0 spiro atoms. The van der Waals surface area contributed by atoms with Crippen LogP contribution in [0.2, 0.25) is 0 Å². The number of hydrogen-bond acceptors (Lipinski definition) is 6. The van der Waals surface area contributed by atoms with Crippen LogP contribution < -0.4 is 14.6 Å². The summed E-state index contributed by atoms with van der Waals surface area (Å²) in [7, 11) is 4.32. The van der Waals surface area contributed by atoms with Crippen LogP contribution in [0.5, 0.6) is 11.5 Å². The van der Waals surface area contributed by atoms with E-state index in [9.17, 15) is 4.79 Å². The van der Waals surface area contributed by atoms with Crippen molar-refractivity contribution in [3.8, 4) is 11.5 Å². The molecule has 1 aromatic rings. The Labute approximate surface area is 98.0 Å². The van der Waals surface area contributed by atoms with E-state index in [1.807, 2.05) is 0 Å². The predicted molar refractivity (Wildman–Crippen MR) is 60.9 cm³/mol. The van der Waals surface area contributed by atoms with Gasteiger partial charge in [0.25, 0.3) is 0 Å². The second-order valence-corrected chi connectivity index (χ2v) is 3.49. The first-order chi connectivity index (χ1) is 7.67. The number of ether oxygens (including phenoxy) is 3. The highest BCUT2D eigenvalue weighted by molar-refractivity contribution is 7.97. The highest BCUT2D eigenvalue weighted by Gasteiger charge is 2.16. The van der Waals surface area contributed by atoms with Crippen LogP contribution >= 0.6 is 11.9 Å². The Hall–Kier alpha value is -1.40. The number of carbonyl (C=O) groups excluding carboxylic acids is 1. The van der Waals surface area contributed by atoms with E-state index in [1.54, 1.807) is 12.1 Å². The van der Waals surface area contributed by atoms with Crippen molar-refractivity contribution in [3.63, 3.8) is 0 Å². The van der Waals surface area contributed by atoms with Gasteiger partial charge in [0, 0.05) is 4.90 Å². The van der Waals surface area contributed by atoms with Gasteiger partial charge in [-0.05, 0) is 24.1 Å². The molecular weight excluding hydrogens is 230 g/mol. The van der Waals surface area contributed by atoms with E-state index in [1.165, 1.54) is 21.3 Å². The molecule has 0 aromatic heterocycles. The zero-order chi connectivity index (χ0) is 12.1. The van der Waals surface area contributed by atoms with E-state index in [0.29, 0.717) is 22.0 Å². The summed E-state index contributed by atoms with van der Waals surface area (Å²) in [6.07, 6.45) is 0. The lowest BCUT2D eigenvalue weighted by molar-refractivity contribution is 0.0596. The Kier molecular flexibility index (Phi) is 4.45. The molecule has 0 saturated carbocycles. The maximum Gasteiger partial charge on any atom is 0.339 e. The van der Waals surface area contributed by atoms with Gasteiger partial charge in [0.05, 0.1) is 26.9 Å². The largest absolute Gasteiger partial charge is 0.493 e. The van der Waals surface area contributed by atoms with Crippen molar-refractivity contribution >= 4 is 17.9 Å². The Balaban J connectivity index is 3.31. The van der Waals surface area contributed by atoms with Crippen LogP contribution in [0.3, 0.4) is 0 Å². The monoisotopic (exact) mass is 243 g/mol. The number of rotatable bonds is 4. The van der Waals surface area contributed by atoms with Gasteiger partial charge < -0.3 is 14.2 Å². The summed E-state index contributed by atoms with van der Waals surface area (Å²) < 4.78 is 14.8. The Morgan fingerprint density at radius 2 is 1.75 bits per heavy atom. The van der Waals surface area contributed by atoms with Crippen LogP contribution in [0.1, 0.15) is 10.4 Å². The summed E-state index contributed by atoms with van der Waals surface area (Å²) in [4.78, 5) is 12.0. The van der Waals surface area contributed by atoms with Crippen molar-refractivity contribution in [1.29, 1.82) is 0 Å². The molecule has 0 bridgehead atoms. The molecule has 0 amide bonds. The smallest absolute Gasteiger partial charge is 0.339 e. The fraction of sp³-hybridized carbons (Fsp3) is 0.300. The lowest BCUT2D eigenvalue weighted by Gasteiger charge is -2.11. The zero-order valence-electron chi connectivity index (χ0n) is 9.27. The first kappa shape index (κ1) is 12.7. The highest BCUT2D eigenvalue weighted by Crippen LogP contribution is 2.33. The van der Waals surface area contributed by atoms with Gasteiger partial charge in [0.15, 0.2) is 11.5 Å². The average Bonchev–Trinajstić information content (AvgIpc) is 2.35. The van der Waals surface area contributed by atoms with Gasteiger partial charge in [-0.2, -0.15) is 0 Å². The van der Waals surface area contributed by atoms with Gasteiger partial charge in [0.1, 0.15) is 0 Å². The number of esters is 1. The van der Waals surface area contributed by atoms with E-state index in [2.05, 4.69) is 4.74 Å². The second kappa shape index (κ2) is 5.62. The number of methoxy groups -OCH3 is 3. The van der Waals surface area contributed by atoms with Crippen molar-refractivity contribution in [2.75, 3.05) is 21.3 Å². The molecule has 0 atom stereocenters. The third-order valence-corrected chi connectivity index (χ3v) is 2.61. The molecule has 0 saturated heterocycles. The molecule has 2 N–H and O–H groups in total. The first-order valence-corrected chi connectivity index (χ1v) is 5.27. The topological polar surface area (TPSA) is 70.8 Å². The van der Waals surface area contributed by atoms with Gasteiger partial charge in [-0.1, -0.05) is 0 Å². The minimum atomic E-state index is -0.464. The summed E-state index contributed by atoms with van der Waals surface area (Å²) in [6.45, 7) is 0. The fourth-order valence-electron chi connectivity index (χ4n) is 1.23. The molecule has 0 radical (unpaired) electrons. The predicted octanol–water partition coefficient (Wildman–Crippen LogP) is 1.46. The van der Waals surface area contributed by atoms with Crippen LogP contribution in [0.4, 0.5) is 0 Å². The summed E-state index contributed by atoms with van der Waals surface area (Å²) in [5, 5.41) is 5.47. The molecule has 1 aromatic carbocycles. The Bertz CT molecular complexity index is 395. The van der Waals surface area contributed by atoms with E-state index in [-0.39, 0.29) is 0 Å². The molecule has 0 aliphatic rings. The third kappa shape index (κ3) is 2.40. The third-order valence-electron chi connectivity index (χ3n) is 2.02. The van der Waals surface area contributed by atoms with Gasteiger partial charge in [-0.25, -0.2) is 4.79 Å². The molecule has 5 nitrogen and oxygen atoms in total. The summed E-state index contributed by atoms with van der Waals surface area (Å²) in [6, 6.07) is 3.18. The summed E-state index contributed by atoms with van der Waals surface area (Å²) in [5.74, 6) is 0.512. The lowest BCUT2D eigenvalue weighted by Crippen LogP contribution is -2.05. The number of carbonyl (C=O) groups is 1. The normalized spacial score (nSPS) is 9.75. The molecular formula is C10H13NO4S. The molecule has 16 heavy (non-hydrogen) atoms. The van der Waals surface area contributed by atoms with E-state index >= 15 is 0 Å². The van der Waals surface area contributed by atoms with E-state index < -0.39 is 5.97 Å². The minimum absolute atomic E-state index is 0.354. The Morgan fingerprint density at radius 3 is 2.19 bits per heavy atom. The van der Waals surface area contributed by atoms with Crippen molar-refractivity contribution in [2.24, 2.45) is 5.14 Å². The van der Waals surface area contributed by atoms with Crippen LogP contribution in [-0.4, -0.2) is 27.3 Å². The van der Waals surface area contributed by atoms with Crippen molar-refractivity contribution in [3.05, 3.63) is 17.7 Å². The second-order valence-electron chi connectivity index (χ2n) is 2.81. The minimum Gasteiger partial charge on any atom is -0.493 e. The lowest BCUT2D eigenvalue weighted by atomic mass is 10.2. The van der Waals surface area contributed by atoms with Crippen LogP contribution in [0, 0.1) is 0 Å². The van der Waals surface area contributed by atoms with Crippen molar-refractivity contribution < 1.29 is 19.0 Å². The maximum atomic E-state index is 11.5. The molecule has 6 heteroatoms. The molecule has 1 rings (SSSR count). The summed E-state index contributed by atoms with van der Waals surface area (Å²) >= 11 is 0.951. The standard InChI is InChI=1S/C10H13NO4S/c1-13-7-4-6(10(12)15-3)9(16-11)5-8(7)14-2/h4-5H,11H2,1-3H3. The highest BCUT2D eigenvalue weighted by atomic mass is 32.2. The van der Waals surface area contributed by atoms with E-state index in [0.717, 1.165) is 11.9 Å². The molecule has 0 aliphatic heterocycles. The van der Waals surface area contributed by atoms with Gasteiger partial charge >= 0.3 is 5.97 Å². The van der Waals surface area contributed by atoms with Crippen LogP contribution in [-0.2, 0) is 4.74 Å². The van der Waals surface area contributed by atoms with Crippen LogP contribution in [0.25, 0.3) is 0 Å². The zero-order valence-corrected chi connectivity index (χ0v) is 10.1. The Morgan fingerprint density at radius 1 is 1.19 bits per heavy atom. The van der Waals surface area contributed by atoms with Gasteiger partial charge in [0.2, 0.25) is 0 Å². The average molecular weight is 243 g/mol. The summed E-state index contributed by atoms with van der Waals surface area (Å²) in [5.41, 5.74) is 0.354. The number of hydrogen-bond donors (Lipinski definition) is 1. The first-order valence-electron chi connectivity index (χ1n) is 4.39. The van der Waals surface area contributed by atoms with Gasteiger partial charge in [-0.3, -0.25) is 5.14 Å². The van der Waals surface area contributed by atoms with Crippen molar-refractivity contribution in [1.82, 2.24) is 0 Å². The molecule has 0 heterocycles. The molecule has 0 aliphatic carbocycles. The maximum absolute atomic E-state index is 11.5. The SMILES string of the molecule is COC(=O)c1cc(OC)c(OC)cc1SN. The van der Waals surface area contributed by atoms with Gasteiger partial charge in [-0.15, -0.1) is 0 Å². The quantitative estimate of drug-likeness (QED) is 0.637. The molecule has 88 valence electrons. The molecule has 0 unspecified atom stereocenters. The van der Waals surface area contributed by atoms with Crippen molar-refractivity contribution in [2.45, 2.75) is 4.90 Å². The van der Waals surface area contributed by atoms with Crippen LogP contribution in [0.15, 0.2) is 17.0 Å². The number of benzene rings is 1.